The zero-order valence-corrected chi connectivity index (χ0v) is 11.6. The predicted molar refractivity (Wildman–Crippen MR) is 72.2 cm³/mol. The van der Waals surface area contributed by atoms with E-state index in [0.717, 1.165) is 19.4 Å². The molecule has 0 aromatic carbocycles. The summed E-state index contributed by atoms with van der Waals surface area (Å²) in [6.45, 7) is 4.71. The van der Waals surface area contributed by atoms with Crippen LogP contribution in [0.3, 0.4) is 0 Å². The molecule has 2 atom stereocenters. The summed E-state index contributed by atoms with van der Waals surface area (Å²) in [5.41, 5.74) is 0. The molecule has 0 saturated carbocycles. The molecule has 0 radical (unpaired) electrons. The Hall–Kier alpha value is -1.96. The molecule has 0 spiro atoms. The van der Waals surface area contributed by atoms with Crippen molar-refractivity contribution in [3.63, 3.8) is 0 Å². The minimum Gasteiger partial charge on any atom is -0.358 e. The Morgan fingerprint density at radius 3 is 3.05 bits per heavy atom. The molecule has 2 unspecified atom stereocenters. The summed E-state index contributed by atoms with van der Waals surface area (Å²) >= 11 is 0. The number of imidazole rings is 1. The predicted octanol–water partition coefficient (Wildman–Crippen LogP) is 0.356. The second-order valence-electron chi connectivity index (χ2n) is 5.09. The number of nitrogens with zero attached hydrogens (tertiary/aromatic N) is 3. The van der Waals surface area contributed by atoms with Crippen LogP contribution in [-0.2, 0) is 11.3 Å². The van der Waals surface area contributed by atoms with Crippen molar-refractivity contribution in [1.82, 2.24) is 20.2 Å². The fraction of sp³-hybridized carbons (Fsp3) is 0.667. The first-order chi connectivity index (χ1) is 9.47. The monoisotopic (exact) mass is 281 g/mol. The van der Waals surface area contributed by atoms with Crippen LogP contribution < -0.4 is 10.6 Å². The Kier molecular flexibility index (Phi) is 4.33. The Labute approximate surface area is 116 Å². The molecule has 8 nitrogen and oxygen atoms in total. The van der Waals surface area contributed by atoms with Gasteiger partial charge in [0.25, 0.3) is 0 Å². The number of carbonyl (C=O) groups excluding carboxylic acids is 1. The van der Waals surface area contributed by atoms with Crippen molar-refractivity contribution < 1.29 is 9.72 Å². The number of piperidine rings is 1. The quantitative estimate of drug-likeness (QED) is 0.612. The fourth-order valence-corrected chi connectivity index (χ4v) is 2.39. The average Bonchev–Trinajstić information content (AvgIpc) is 2.74. The number of hydrogen-bond acceptors (Lipinski definition) is 5. The molecule has 0 aliphatic carbocycles. The van der Waals surface area contributed by atoms with Gasteiger partial charge in [0.1, 0.15) is 12.7 Å². The van der Waals surface area contributed by atoms with Crippen molar-refractivity contribution in [2.45, 2.75) is 45.3 Å². The van der Waals surface area contributed by atoms with Crippen LogP contribution in [0.15, 0.2) is 6.20 Å². The molecule has 8 heteroatoms. The van der Waals surface area contributed by atoms with Gasteiger partial charge in [-0.25, -0.2) is 0 Å². The molecule has 110 valence electrons. The van der Waals surface area contributed by atoms with Crippen LogP contribution in [0, 0.1) is 17.0 Å². The van der Waals surface area contributed by atoms with Crippen molar-refractivity contribution in [2.75, 3.05) is 6.54 Å². The standard InChI is InChI=1S/C12H19N5O3/c1-8-10(4-3-5-13-8)15-12(18)7-16-6-11(17(19)20)14-9(16)2/h6,8,10,13H,3-5,7H2,1-2H3,(H,15,18). The van der Waals surface area contributed by atoms with Crippen molar-refractivity contribution in [1.29, 1.82) is 0 Å². The zero-order chi connectivity index (χ0) is 14.7. The molecule has 1 amide bonds. The fourth-order valence-electron chi connectivity index (χ4n) is 2.39. The van der Waals surface area contributed by atoms with E-state index in [0.29, 0.717) is 5.82 Å². The van der Waals surface area contributed by atoms with E-state index in [-0.39, 0.29) is 30.4 Å². The maximum Gasteiger partial charge on any atom is 0.381 e. The maximum absolute atomic E-state index is 12.0. The Balaban J connectivity index is 1.95. The Morgan fingerprint density at radius 1 is 1.70 bits per heavy atom. The number of aromatic nitrogens is 2. The molecular formula is C12H19N5O3. The van der Waals surface area contributed by atoms with Gasteiger partial charge in [0.2, 0.25) is 11.7 Å². The van der Waals surface area contributed by atoms with E-state index in [4.69, 9.17) is 0 Å². The summed E-state index contributed by atoms with van der Waals surface area (Å²) in [6, 6.07) is 0.348. The second kappa shape index (κ2) is 6.00. The molecule has 1 aliphatic rings. The molecular weight excluding hydrogens is 262 g/mol. The van der Waals surface area contributed by atoms with Gasteiger partial charge in [-0.05, 0) is 36.2 Å². The lowest BCUT2D eigenvalue weighted by Gasteiger charge is -2.30. The molecule has 1 saturated heterocycles. The number of carbonyl (C=O) groups is 1. The molecule has 2 rings (SSSR count). The number of hydrogen-bond donors (Lipinski definition) is 2. The third-order valence-electron chi connectivity index (χ3n) is 3.57. The van der Waals surface area contributed by atoms with Gasteiger partial charge in [-0.2, -0.15) is 0 Å². The normalized spacial score (nSPS) is 22.5. The molecule has 1 aromatic heterocycles. The minimum absolute atomic E-state index is 0.0515. The molecule has 2 heterocycles. The lowest BCUT2D eigenvalue weighted by molar-refractivity contribution is -0.389. The van der Waals surface area contributed by atoms with Gasteiger partial charge in [-0.3, -0.25) is 9.36 Å². The number of rotatable bonds is 4. The van der Waals surface area contributed by atoms with Gasteiger partial charge in [0.15, 0.2) is 0 Å². The van der Waals surface area contributed by atoms with E-state index in [1.165, 1.54) is 10.8 Å². The highest BCUT2D eigenvalue weighted by Crippen LogP contribution is 2.11. The highest BCUT2D eigenvalue weighted by Gasteiger charge is 2.23. The number of amides is 1. The van der Waals surface area contributed by atoms with Gasteiger partial charge in [0.05, 0.1) is 0 Å². The first kappa shape index (κ1) is 14.4. The van der Waals surface area contributed by atoms with Gasteiger partial charge in [-0.1, -0.05) is 0 Å². The molecule has 1 fully saturated rings. The van der Waals surface area contributed by atoms with Crippen LogP contribution in [0.25, 0.3) is 0 Å². The van der Waals surface area contributed by atoms with Crippen LogP contribution in [-0.4, -0.2) is 39.0 Å². The molecule has 0 bridgehead atoms. The lowest BCUT2D eigenvalue weighted by atomic mass is 10.00. The van der Waals surface area contributed by atoms with Gasteiger partial charge in [-0.15, -0.1) is 0 Å². The van der Waals surface area contributed by atoms with Crippen molar-refractivity contribution in [2.24, 2.45) is 0 Å². The van der Waals surface area contributed by atoms with E-state index in [1.54, 1.807) is 6.92 Å². The molecule has 1 aromatic rings. The Morgan fingerprint density at radius 2 is 2.45 bits per heavy atom. The van der Waals surface area contributed by atoms with Crippen molar-refractivity contribution >= 4 is 11.7 Å². The summed E-state index contributed by atoms with van der Waals surface area (Å²) in [4.78, 5) is 25.9. The van der Waals surface area contributed by atoms with Crippen molar-refractivity contribution in [3.8, 4) is 0 Å². The van der Waals surface area contributed by atoms with Gasteiger partial charge >= 0.3 is 5.82 Å². The lowest BCUT2D eigenvalue weighted by Crippen LogP contribution is -2.52. The summed E-state index contributed by atoms with van der Waals surface area (Å²) in [6.07, 6.45) is 3.27. The molecule has 1 aliphatic heterocycles. The van der Waals surface area contributed by atoms with Crippen LogP contribution in [0.5, 0.6) is 0 Å². The highest BCUT2D eigenvalue weighted by molar-refractivity contribution is 5.76. The largest absolute Gasteiger partial charge is 0.381 e. The highest BCUT2D eigenvalue weighted by atomic mass is 16.6. The summed E-state index contributed by atoms with van der Waals surface area (Å²) < 4.78 is 1.49. The summed E-state index contributed by atoms with van der Waals surface area (Å²) in [5.74, 6) is 0.0746. The van der Waals surface area contributed by atoms with Crippen LogP contribution >= 0.6 is 0 Å². The first-order valence-electron chi connectivity index (χ1n) is 6.68. The number of nitro groups is 1. The zero-order valence-electron chi connectivity index (χ0n) is 11.6. The van der Waals surface area contributed by atoms with Crippen molar-refractivity contribution in [3.05, 3.63) is 22.1 Å². The van der Waals surface area contributed by atoms with E-state index < -0.39 is 4.92 Å². The Bertz CT molecular complexity index is 513. The average molecular weight is 281 g/mol. The van der Waals surface area contributed by atoms with E-state index in [9.17, 15) is 14.9 Å². The van der Waals surface area contributed by atoms with Gasteiger partial charge < -0.3 is 20.7 Å². The van der Waals surface area contributed by atoms with Crippen LogP contribution in [0.1, 0.15) is 25.6 Å². The maximum atomic E-state index is 12.0. The SMILES string of the molecule is Cc1nc([N+](=O)[O-])cn1CC(=O)NC1CCCNC1C. The topological polar surface area (TPSA) is 102 Å². The minimum atomic E-state index is -0.561. The van der Waals surface area contributed by atoms with E-state index >= 15 is 0 Å². The van der Waals surface area contributed by atoms with Crippen LogP contribution in [0.4, 0.5) is 5.82 Å². The van der Waals surface area contributed by atoms with E-state index in [1.807, 2.05) is 6.92 Å². The van der Waals surface area contributed by atoms with Crippen LogP contribution in [0.2, 0.25) is 0 Å². The summed E-state index contributed by atoms with van der Waals surface area (Å²) in [5, 5.41) is 16.9. The summed E-state index contributed by atoms with van der Waals surface area (Å²) in [7, 11) is 0. The van der Waals surface area contributed by atoms with E-state index in [2.05, 4.69) is 15.6 Å². The smallest absolute Gasteiger partial charge is 0.358 e. The molecule has 2 N–H and O–H groups in total. The first-order valence-corrected chi connectivity index (χ1v) is 6.68. The third kappa shape index (κ3) is 3.32. The third-order valence-corrected chi connectivity index (χ3v) is 3.57. The number of nitrogens with one attached hydrogen (secondary N) is 2. The molecule has 20 heavy (non-hydrogen) atoms. The number of aryl methyl sites for hydroxylation is 1. The van der Waals surface area contributed by atoms with Gasteiger partial charge in [0, 0.05) is 19.0 Å². The second-order valence-corrected chi connectivity index (χ2v) is 5.09.